The van der Waals surface area contributed by atoms with Gasteiger partial charge in [-0.3, -0.25) is 29.8 Å². The molecule has 1 aromatic carbocycles. The van der Waals surface area contributed by atoms with Crippen molar-refractivity contribution in [3.05, 3.63) is 73.5 Å². The number of aliphatic hydroxyl groups excluding tert-OH is 1. The standard InChI is InChI=1S/C19H18N2O8/c1-2-29-19(24)12-9-14(22)16-11(18(23)10-6-4-3-5-7-10)8-13(20(25)26)15(12)17(16)21(27)28/h3-8,12,15-17,23H,2,9H2,1H3/t12-,15+,16-,17-/m1/s1. The second-order valence-corrected chi connectivity index (χ2v) is 6.80. The van der Waals surface area contributed by atoms with Gasteiger partial charge in [-0.25, -0.2) is 0 Å². The number of carbonyl (C=O) groups excluding carboxylic acids is 2. The van der Waals surface area contributed by atoms with E-state index in [1.165, 1.54) is 19.1 Å². The first-order valence-electron chi connectivity index (χ1n) is 8.95. The molecule has 10 nitrogen and oxygen atoms in total. The number of aliphatic hydroxyl groups is 1. The first kappa shape index (κ1) is 20.2. The molecule has 1 aromatic rings. The highest BCUT2D eigenvalue weighted by Crippen LogP contribution is 2.47. The average Bonchev–Trinajstić information content (AvgIpc) is 2.69. The molecule has 0 unspecified atom stereocenters. The molecular weight excluding hydrogens is 384 g/mol. The summed E-state index contributed by atoms with van der Waals surface area (Å²) in [4.78, 5) is 47.1. The molecule has 0 amide bonds. The van der Waals surface area contributed by atoms with Crippen LogP contribution in [-0.2, 0) is 14.3 Å². The Kier molecular flexibility index (Phi) is 5.44. The Balaban J connectivity index is 2.25. The van der Waals surface area contributed by atoms with Gasteiger partial charge in [-0.2, -0.15) is 0 Å². The molecule has 1 N–H and O–H groups in total. The highest BCUT2D eigenvalue weighted by molar-refractivity contribution is 5.93. The number of esters is 1. The third-order valence-corrected chi connectivity index (χ3v) is 5.26. The molecule has 29 heavy (non-hydrogen) atoms. The number of Topliss-reactive ketones (excluding diaryl/α,β-unsaturated/α-hetero) is 1. The molecule has 3 rings (SSSR count). The van der Waals surface area contributed by atoms with Crippen molar-refractivity contribution in [1.82, 2.24) is 0 Å². The molecule has 152 valence electrons. The summed E-state index contributed by atoms with van der Waals surface area (Å²) in [6, 6.07) is 6.19. The topological polar surface area (TPSA) is 150 Å². The number of fused-ring (bicyclic) bond motifs is 2. The van der Waals surface area contributed by atoms with Crippen LogP contribution in [0.2, 0.25) is 0 Å². The van der Waals surface area contributed by atoms with E-state index in [-0.39, 0.29) is 17.7 Å². The highest BCUT2D eigenvalue weighted by atomic mass is 16.6. The van der Waals surface area contributed by atoms with Crippen LogP contribution in [0.15, 0.2) is 47.7 Å². The number of ketones is 1. The molecule has 0 saturated heterocycles. The summed E-state index contributed by atoms with van der Waals surface area (Å²) in [7, 11) is 0. The van der Waals surface area contributed by atoms with Gasteiger partial charge in [0.2, 0.25) is 6.04 Å². The maximum Gasteiger partial charge on any atom is 0.310 e. The van der Waals surface area contributed by atoms with E-state index in [0.717, 1.165) is 6.08 Å². The molecule has 0 heterocycles. The highest BCUT2D eigenvalue weighted by Gasteiger charge is 2.62. The zero-order chi connectivity index (χ0) is 21.3. The van der Waals surface area contributed by atoms with E-state index in [9.17, 15) is 34.9 Å². The van der Waals surface area contributed by atoms with Gasteiger partial charge in [0.1, 0.15) is 23.4 Å². The van der Waals surface area contributed by atoms with Crippen molar-refractivity contribution in [3.63, 3.8) is 0 Å². The van der Waals surface area contributed by atoms with Crippen LogP contribution in [-0.4, -0.2) is 39.4 Å². The van der Waals surface area contributed by atoms with E-state index in [4.69, 9.17) is 4.74 Å². The summed E-state index contributed by atoms with van der Waals surface area (Å²) < 4.78 is 4.90. The van der Waals surface area contributed by atoms with Crippen LogP contribution in [0, 0.1) is 38.0 Å². The Morgan fingerprint density at radius 3 is 2.45 bits per heavy atom. The van der Waals surface area contributed by atoms with E-state index >= 15 is 0 Å². The summed E-state index contributed by atoms with van der Waals surface area (Å²) in [5, 5.41) is 34.2. The number of benzene rings is 1. The summed E-state index contributed by atoms with van der Waals surface area (Å²) >= 11 is 0. The normalized spacial score (nSPS) is 27.6. The molecule has 2 aliphatic carbocycles. The predicted molar refractivity (Wildman–Crippen MR) is 98.6 cm³/mol. The summed E-state index contributed by atoms with van der Waals surface area (Å²) in [5.41, 5.74) is -0.513. The van der Waals surface area contributed by atoms with Crippen LogP contribution in [0.25, 0.3) is 5.76 Å². The van der Waals surface area contributed by atoms with Gasteiger partial charge in [-0.1, -0.05) is 30.3 Å². The maximum atomic E-state index is 12.8. The molecule has 0 spiro atoms. The second-order valence-electron chi connectivity index (χ2n) is 6.80. The molecule has 0 radical (unpaired) electrons. The number of allylic oxidation sites excluding steroid dienone is 1. The third kappa shape index (κ3) is 3.48. The lowest BCUT2D eigenvalue weighted by molar-refractivity contribution is -0.550. The zero-order valence-corrected chi connectivity index (χ0v) is 15.4. The first-order chi connectivity index (χ1) is 13.8. The number of ether oxygens (including phenoxy) is 1. The number of hydrogen-bond donors (Lipinski definition) is 1. The van der Waals surface area contributed by atoms with E-state index in [0.29, 0.717) is 0 Å². The number of nitrogens with zero attached hydrogens (tertiary/aromatic N) is 2. The zero-order valence-electron chi connectivity index (χ0n) is 15.4. The minimum atomic E-state index is -1.75. The van der Waals surface area contributed by atoms with Crippen molar-refractivity contribution >= 4 is 17.5 Å². The largest absolute Gasteiger partial charge is 0.507 e. The Labute approximate surface area is 164 Å². The van der Waals surface area contributed by atoms with Gasteiger partial charge in [0.15, 0.2) is 0 Å². The van der Waals surface area contributed by atoms with Gasteiger partial charge in [0.05, 0.1) is 17.4 Å². The SMILES string of the molecule is CCOC(=O)[C@@H]1CC(=O)[C@H]2C(=C(O)c3ccccc3)C=C([N+](=O)[O-])[C@H]1[C@H]2[N+](=O)[O-]. The summed E-state index contributed by atoms with van der Waals surface area (Å²) in [6.45, 7) is 1.50. The average molecular weight is 402 g/mol. The molecule has 2 aliphatic rings. The number of rotatable bonds is 5. The predicted octanol–water partition coefficient (Wildman–Crippen LogP) is 2.16. The van der Waals surface area contributed by atoms with Gasteiger partial charge in [0, 0.05) is 28.6 Å². The fraction of sp³-hybridized carbons (Fsp3) is 0.368. The van der Waals surface area contributed by atoms with E-state index in [1.807, 2.05) is 0 Å². The number of carbonyl (C=O) groups is 2. The lowest BCUT2D eigenvalue weighted by Crippen LogP contribution is -2.55. The van der Waals surface area contributed by atoms with Crippen molar-refractivity contribution in [2.24, 2.45) is 17.8 Å². The molecule has 4 atom stereocenters. The summed E-state index contributed by atoms with van der Waals surface area (Å²) in [6.07, 6.45) is 0.552. The summed E-state index contributed by atoms with van der Waals surface area (Å²) in [5.74, 6) is -6.13. The van der Waals surface area contributed by atoms with Crippen molar-refractivity contribution < 1.29 is 29.3 Å². The molecule has 10 heteroatoms. The van der Waals surface area contributed by atoms with Crippen molar-refractivity contribution in [3.8, 4) is 0 Å². The van der Waals surface area contributed by atoms with Gasteiger partial charge in [-0.05, 0) is 6.92 Å². The van der Waals surface area contributed by atoms with Crippen molar-refractivity contribution in [1.29, 1.82) is 0 Å². The van der Waals surface area contributed by atoms with Gasteiger partial charge in [0.25, 0.3) is 5.70 Å². The molecule has 0 aromatic heterocycles. The van der Waals surface area contributed by atoms with E-state index < -0.39 is 63.3 Å². The van der Waals surface area contributed by atoms with Gasteiger partial charge in [-0.15, -0.1) is 0 Å². The third-order valence-electron chi connectivity index (χ3n) is 5.26. The van der Waals surface area contributed by atoms with E-state index in [2.05, 4.69) is 0 Å². The fourth-order valence-corrected chi connectivity index (χ4v) is 4.08. The minimum Gasteiger partial charge on any atom is -0.507 e. The smallest absolute Gasteiger partial charge is 0.310 e. The monoisotopic (exact) mass is 402 g/mol. The Bertz CT molecular complexity index is 937. The molecule has 0 aliphatic heterocycles. The lowest BCUT2D eigenvalue weighted by atomic mass is 9.62. The van der Waals surface area contributed by atoms with Gasteiger partial charge < -0.3 is 9.84 Å². The minimum absolute atomic E-state index is 0.0275. The lowest BCUT2D eigenvalue weighted by Gasteiger charge is -2.37. The Hall–Kier alpha value is -3.56. The number of hydrogen-bond acceptors (Lipinski definition) is 8. The van der Waals surface area contributed by atoms with Crippen LogP contribution in [0.5, 0.6) is 0 Å². The van der Waals surface area contributed by atoms with Crippen LogP contribution in [0.1, 0.15) is 18.9 Å². The Morgan fingerprint density at radius 2 is 1.90 bits per heavy atom. The van der Waals surface area contributed by atoms with Crippen LogP contribution in [0.3, 0.4) is 0 Å². The number of nitro groups is 2. The maximum absolute atomic E-state index is 12.8. The van der Waals surface area contributed by atoms with Crippen LogP contribution < -0.4 is 0 Å². The van der Waals surface area contributed by atoms with E-state index in [1.54, 1.807) is 18.2 Å². The van der Waals surface area contributed by atoms with Crippen LogP contribution >= 0.6 is 0 Å². The van der Waals surface area contributed by atoms with Crippen molar-refractivity contribution in [2.45, 2.75) is 19.4 Å². The van der Waals surface area contributed by atoms with Crippen molar-refractivity contribution in [2.75, 3.05) is 6.61 Å². The van der Waals surface area contributed by atoms with Gasteiger partial charge >= 0.3 is 5.97 Å². The molecule has 1 saturated carbocycles. The molecule has 2 bridgehead atoms. The molecule has 1 fully saturated rings. The second kappa shape index (κ2) is 7.82. The molecular formula is C19H18N2O8. The Morgan fingerprint density at radius 1 is 1.24 bits per heavy atom. The first-order valence-corrected chi connectivity index (χ1v) is 8.95. The quantitative estimate of drug-likeness (QED) is 0.341. The fourth-order valence-electron chi connectivity index (χ4n) is 4.08. The van der Waals surface area contributed by atoms with Crippen LogP contribution in [0.4, 0.5) is 0 Å².